The largest absolute Gasteiger partial charge is 0.183 e. The summed E-state index contributed by atoms with van der Waals surface area (Å²) >= 11 is 10.5. The second-order valence-electron chi connectivity index (χ2n) is 2.37. The van der Waals surface area contributed by atoms with Gasteiger partial charge in [0.05, 0.1) is 0 Å². The van der Waals surface area contributed by atoms with Crippen molar-refractivity contribution in [2.75, 3.05) is 0 Å². The fourth-order valence-corrected chi connectivity index (χ4v) is 2.16. The van der Waals surface area contributed by atoms with Crippen LogP contribution in [0.2, 0.25) is 5.02 Å². The summed E-state index contributed by atoms with van der Waals surface area (Å²) in [5.41, 5.74) is 1.03. The van der Waals surface area contributed by atoms with E-state index in [1.165, 1.54) is 11.3 Å². The zero-order valence-corrected chi connectivity index (χ0v) is 9.53. The lowest BCUT2D eigenvalue weighted by molar-refractivity contribution is 1.08. The van der Waals surface area contributed by atoms with E-state index in [2.05, 4.69) is 26.1 Å². The lowest BCUT2D eigenvalue weighted by atomic mass is 10.2. The van der Waals surface area contributed by atoms with Crippen molar-refractivity contribution in [2.24, 2.45) is 0 Å². The molecule has 0 atom stereocenters. The minimum atomic E-state index is 0.729. The molecule has 0 unspecified atom stereocenters. The van der Waals surface area contributed by atoms with Crippen molar-refractivity contribution in [3.05, 3.63) is 33.2 Å². The standard InChI is InChI=1S/C8H4BrClN2S/c9-8-12-11-7(13-8)5-1-3-6(10)4-2-5/h1-4H. The van der Waals surface area contributed by atoms with Crippen molar-refractivity contribution >= 4 is 38.9 Å². The van der Waals surface area contributed by atoms with Gasteiger partial charge in [-0.05, 0) is 28.1 Å². The van der Waals surface area contributed by atoms with Gasteiger partial charge in [-0.15, -0.1) is 10.2 Å². The van der Waals surface area contributed by atoms with E-state index in [1.807, 2.05) is 24.3 Å². The van der Waals surface area contributed by atoms with Crippen molar-refractivity contribution in [2.45, 2.75) is 0 Å². The first-order chi connectivity index (χ1) is 6.25. The topological polar surface area (TPSA) is 25.8 Å². The van der Waals surface area contributed by atoms with E-state index in [0.29, 0.717) is 0 Å². The van der Waals surface area contributed by atoms with Gasteiger partial charge < -0.3 is 0 Å². The van der Waals surface area contributed by atoms with Crippen molar-refractivity contribution in [3.63, 3.8) is 0 Å². The Kier molecular flexibility index (Phi) is 2.62. The van der Waals surface area contributed by atoms with Crippen LogP contribution < -0.4 is 0 Å². The van der Waals surface area contributed by atoms with E-state index in [0.717, 1.165) is 19.5 Å². The molecule has 0 bridgehead atoms. The molecule has 0 amide bonds. The van der Waals surface area contributed by atoms with Crippen molar-refractivity contribution < 1.29 is 0 Å². The van der Waals surface area contributed by atoms with E-state index >= 15 is 0 Å². The summed E-state index contributed by atoms with van der Waals surface area (Å²) in [5, 5.41) is 9.48. The fraction of sp³-hybridized carbons (Fsp3) is 0. The van der Waals surface area contributed by atoms with Gasteiger partial charge in [-0.3, -0.25) is 0 Å². The molecule has 0 saturated heterocycles. The summed E-state index contributed by atoms with van der Waals surface area (Å²) in [7, 11) is 0. The molecule has 0 radical (unpaired) electrons. The van der Waals surface area contributed by atoms with Gasteiger partial charge in [0, 0.05) is 10.6 Å². The predicted molar refractivity (Wildman–Crippen MR) is 58.1 cm³/mol. The molecule has 1 aromatic carbocycles. The van der Waals surface area contributed by atoms with E-state index in [1.54, 1.807) is 0 Å². The molecule has 0 aliphatic heterocycles. The summed E-state index contributed by atoms with van der Waals surface area (Å²) in [4.78, 5) is 0. The van der Waals surface area contributed by atoms with Crippen LogP contribution in [0.25, 0.3) is 10.6 Å². The third kappa shape index (κ3) is 2.07. The highest BCUT2D eigenvalue weighted by Gasteiger charge is 2.03. The molecule has 1 aromatic heterocycles. The summed E-state index contributed by atoms with van der Waals surface area (Å²) in [6.45, 7) is 0. The van der Waals surface area contributed by atoms with Gasteiger partial charge in [-0.2, -0.15) is 0 Å². The van der Waals surface area contributed by atoms with Crippen LogP contribution in [0.5, 0.6) is 0 Å². The highest BCUT2D eigenvalue weighted by molar-refractivity contribution is 9.11. The first-order valence-corrected chi connectivity index (χ1v) is 5.49. The second kappa shape index (κ2) is 3.74. The third-order valence-corrected chi connectivity index (χ3v) is 3.15. The van der Waals surface area contributed by atoms with Gasteiger partial charge in [-0.25, -0.2) is 0 Å². The summed E-state index contributed by atoms with van der Waals surface area (Å²) in [6.07, 6.45) is 0. The van der Waals surface area contributed by atoms with Crippen molar-refractivity contribution in [1.29, 1.82) is 0 Å². The molecule has 5 heteroatoms. The average Bonchev–Trinajstić information content (AvgIpc) is 2.53. The van der Waals surface area contributed by atoms with Gasteiger partial charge in [0.1, 0.15) is 5.01 Å². The van der Waals surface area contributed by atoms with Crippen LogP contribution in [0.15, 0.2) is 28.2 Å². The Morgan fingerprint density at radius 3 is 2.38 bits per heavy atom. The van der Waals surface area contributed by atoms with Crippen LogP contribution in [0, 0.1) is 0 Å². The number of hydrogen-bond acceptors (Lipinski definition) is 3. The fourth-order valence-electron chi connectivity index (χ4n) is 0.914. The van der Waals surface area contributed by atoms with Gasteiger partial charge in [0.2, 0.25) is 0 Å². The van der Waals surface area contributed by atoms with E-state index in [-0.39, 0.29) is 0 Å². The van der Waals surface area contributed by atoms with Gasteiger partial charge in [0.25, 0.3) is 0 Å². The molecule has 0 aliphatic carbocycles. The third-order valence-electron chi connectivity index (χ3n) is 1.49. The van der Waals surface area contributed by atoms with Crippen LogP contribution in [0.4, 0.5) is 0 Å². The Morgan fingerprint density at radius 1 is 1.15 bits per heavy atom. The number of halogens is 2. The monoisotopic (exact) mass is 274 g/mol. The summed E-state index contributed by atoms with van der Waals surface area (Å²) in [6, 6.07) is 7.53. The lowest BCUT2D eigenvalue weighted by Crippen LogP contribution is -1.75. The SMILES string of the molecule is Clc1ccc(-c2nnc(Br)s2)cc1. The minimum Gasteiger partial charge on any atom is -0.137 e. The number of nitrogens with zero attached hydrogens (tertiary/aromatic N) is 2. The van der Waals surface area contributed by atoms with Crippen LogP contribution in [0.3, 0.4) is 0 Å². The molecular formula is C8H4BrClN2S. The normalized spacial score (nSPS) is 10.3. The average molecular weight is 276 g/mol. The minimum absolute atomic E-state index is 0.729. The molecular weight excluding hydrogens is 272 g/mol. The Labute approximate surface area is 92.7 Å². The summed E-state index contributed by atoms with van der Waals surface area (Å²) in [5.74, 6) is 0. The van der Waals surface area contributed by atoms with Crippen LogP contribution >= 0.6 is 38.9 Å². The molecule has 13 heavy (non-hydrogen) atoms. The van der Waals surface area contributed by atoms with Crippen LogP contribution in [-0.4, -0.2) is 10.2 Å². The molecule has 0 aliphatic rings. The molecule has 2 nitrogen and oxygen atoms in total. The number of aromatic nitrogens is 2. The quantitative estimate of drug-likeness (QED) is 0.794. The molecule has 66 valence electrons. The zero-order valence-electron chi connectivity index (χ0n) is 6.37. The zero-order chi connectivity index (χ0) is 9.26. The Bertz CT molecular complexity index is 412. The van der Waals surface area contributed by atoms with Crippen LogP contribution in [-0.2, 0) is 0 Å². The first-order valence-electron chi connectivity index (χ1n) is 3.50. The molecule has 2 rings (SSSR count). The molecule has 0 fully saturated rings. The lowest BCUT2D eigenvalue weighted by Gasteiger charge is -1.93. The van der Waals surface area contributed by atoms with Crippen molar-refractivity contribution in [1.82, 2.24) is 10.2 Å². The second-order valence-corrected chi connectivity index (χ2v) is 5.06. The Balaban J connectivity index is 2.41. The number of rotatable bonds is 1. The van der Waals surface area contributed by atoms with E-state index in [9.17, 15) is 0 Å². The first kappa shape index (κ1) is 9.12. The molecule has 0 saturated carbocycles. The maximum Gasteiger partial charge on any atom is 0.183 e. The molecule has 0 N–H and O–H groups in total. The highest BCUT2D eigenvalue weighted by Crippen LogP contribution is 2.26. The maximum absolute atomic E-state index is 5.76. The highest BCUT2D eigenvalue weighted by atomic mass is 79.9. The van der Waals surface area contributed by atoms with Crippen molar-refractivity contribution in [3.8, 4) is 10.6 Å². The Morgan fingerprint density at radius 2 is 1.85 bits per heavy atom. The van der Waals surface area contributed by atoms with Gasteiger partial charge in [-0.1, -0.05) is 35.1 Å². The number of benzene rings is 1. The maximum atomic E-state index is 5.76. The van der Waals surface area contributed by atoms with E-state index in [4.69, 9.17) is 11.6 Å². The van der Waals surface area contributed by atoms with E-state index < -0.39 is 0 Å². The predicted octanol–water partition coefficient (Wildman–Crippen LogP) is 3.62. The van der Waals surface area contributed by atoms with Gasteiger partial charge in [0.15, 0.2) is 3.92 Å². The smallest absolute Gasteiger partial charge is 0.137 e. The Hall–Kier alpha value is -0.450. The molecule has 1 heterocycles. The number of hydrogen-bond donors (Lipinski definition) is 0. The van der Waals surface area contributed by atoms with Gasteiger partial charge >= 0.3 is 0 Å². The molecule has 2 aromatic rings. The summed E-state index contributed by atoms with van der Waals surface area (Å²) < 4.78 is 0.789. The van der Waals surface area contributed by atoms with Crippen LogP contribution in [0.1, 0.15) is 0 Å². The molecule has 0 spiro atoms.